The lowest BCUT2D eigenvalue weighted by atomic mass is 10.0. The van der Waals surface area contributed by atoms with Gasteiger partial charge in [0.15, 0.2) is 6.17 Å². The van der Waals surface area contributed by atoms with Crippen molar-refractivity contribution in [2.45, 2.75) is 39.4 Å². The first-order chi connectivity index (χ1) is 10.9. The zero-order chi connectivity index (χ0) is 17.0. The summed E-state index contributed by atoms with van der Waals surface area (Å²) in [5, 5.41) is 12.4. The second-order valence-corrected chi connectivity index (χ2v) is 6.72. The topological polar surface area (TPSA) is 57.1 Å². The Morgan fingerprint density at radius 2 is 2.04 bits per heavy atom. The molecule has 0 spiro atoms. The van der Waals surface area contributed by atoms with E-state index in [4.69, 9.17) is 23.8 Å². The summed E-state index contributed by atoms with van der Waals surface area (Å²) in [6.45, 7) is 6.94. The number of halogens is 1. The predicted octanol–water partition coefficient (Wildman–Crippen LogP) is 3.88. The number of benzene rings is 1. The quantitative estimate of drug-likeness (QED) is 0.790. The van der Waals surface area contributed by atoms with Crippen LogP contribution in [0.3, 0.4) is 0 Å². The minimum Gasteiger partial charge on any atom is -0.345 e. The minimum atomic E-state index is -0.244. The van der Waals surface area contributed by atoms with E-state index in [1.807, 2.05) is 11.8 Å². The molecule has 0 bridgehead atoms. The molecule has 0 radical (unpaired) electrons. The lowest BCUT2D eigenvalue weighted by molar-refractivity contribution is 0.0909. The maximum absolute atomic E-state index is 12.5. The standard InChI is InChI=1S/C16H21ClN4OS/c1-4-21-14(19-20-16(21)23)13(9-10(2)3)18-15(22)11-5-7-12(17)8-6-11/h5-8,10,13-14H,4,9H2,1-3H3,(H,18,22). The zero-order valence-electron chi connectivity index (χ0n) is 13.5. The zero-order valence-corrected chi connectivity index (χ0v) is 15.1. The van der Waals surface area contributed by atoms with E-state index in [1.54, 1.807) is 24.3 Å². The average molecular weight is 353 g/mol. The normalized spacial score (nSPS) is 18.6. The number of azo groups is 1. The Balaban J connectivity index is 2.15. The van der Waals surface area contributed by atoms with Gasteiger partial charge in [-0.2, -0.15) is 5.11 Å². The lowest BCUT2D eigenvalue weighted by Gasteiger charge is -2.30. The number of amides is 1. The molecule has 1 amide bonds. The number of nitrogens with one attached hydrogen (secondary N) is 1. The Kier molecular flexibility index (Phi) is 6.07. The number of thiocarbonyl (C=S) groups is 1. The molecule has 2 unspecified atom stereocenters. The van der Waals surface area contributed by atoms with Crippen molar-refractivity contribution in [1.82, 2.24) is 10.2 Å². The van der Waals surface area contributed by atoms with Crippen molar-refractivity contribution in [3.63, 3.8) is 0 Å². The highest BCUT2D eigenvalue weighted by Gasteiger charge is 2.34. The van der Waals surface area contributed by atoms with Gasteiger partial charge in [-0.1, -0.05) is 25.4 Å². The van der Waals surface area contributed by atoms with Gasteiger partial charge in [-0.05, 0) is 55.7 Å². The molecule has 0 fully saturated rings. The molecule has 0 saturated carbocycles. The largest absolute Gasteiger partial charge is 0.345 e. The van der Waals surface area contributed by atoms with Gasteiger partial charge in [0.1, 0.15) is 0 Å². The molecule has 1 aromatic rings. The molecule has 0 saturated heterocycles. The first-order valence-electron chi connectivity index (χ1n) is 7.70. The van der Waals surface area contributed by atoms with Crippen molar-refractivity contribution in [2.75, 3.05) is 6.54 Å². The predicted molar refractivity (Wildman–Crippen MR) is 95.8 cm³/mol. The molecular weight excluding hydrogens is 332 g/mol. The van der Waals surface area contributed by atoms with Crippen molar-refractivity contribution < 1.29 is 4.79 Å². The first-order valence-corrected chi connectivity index (χ1v) is 8.48. The van der Waals surface area contributed by atoms with Crippen LogP contribution in [0.25, 0.3) is 0 Å². The summed E-state index contributed by atoms with van der Waals surface area (Å²) < 4.78 is 0. The van der Waals surface area contributed by atoms with E-state index in [2.05, 4.69) is 29.4 Å². The molecular formula is C16H21ClN4OS. The maximum Gasteiger partial charge on any atom is 0.251 e. The number of hydrogen-bond donors (Lipinski definition) is 1. The van der Waals surface area contributed by atoms with Gasteiger partial charge in [0.05, 0.1) is 6.04 Å². The van der Waals surface area contributed by atoms with Gasteiger partial charge in [-0.25, -0.2) is 0 Å². The number of likely N-dealkylation sites (N-methyl/N-ethyl adjacent to an activating group) is 1. The highest BCUT2D eigenvalue weighted by molar-refractivity contribution is 7.80. The Bertz CT molecular complexity index is 603. The van der Waals surface area contributed by atoms with Crippen LogP contribution in [-0.4, -0.2) is 34.7 Å². The Morgan fingerprint density at radius 3 is 2.61 bits per heavy atom. The monoisotopic (exact) mass is 352 g/mol. The van der Waals surface area contributed by atoms with Crippen LogP contribution in [0.2, 0.25) is 5.02 Å². The summed E-state index contributed by atoms with van der Waals surface area (Å²) in [5.41, 5.74) is 0.573. The van der Waals surface area contributed by atoms with Crippen LogP contribution in [0.1, 0.15) is 37.6 Å². The minimum absolute atomic E-state index is 0.142. The number of carbonyl (C=O) groups is 1. The Hall–Kier alpha value is -1.53. The third-order valence-corrected chi connectivity index (χ3v) is 4.24. The molecule has 2 atom stereocenters. The molecule has 1 aliphatic rings. The number of rotatable bonds is 6. The first kappa shape index (κ1) is 17.8. The van der Waals surface area contributed by atoms with E-state index in [0.29, 0.717) is 28.2 Å². The van der Waals surface area contributed by atoms with E-state index in [0.717, 1.165) is 6.42 Å². The highest BCUT2D eigenvalue weighted by Crippen LogP contribution is 2.21. The molecule has 2 rings (SSSR count). The van der Waals surface area contributed by atoms with Gasteiger partial charge in [0.2, 0.25) is 5.11 Å². The smallest absolute Gasteiger partial charge is 0.251 e. The molecule has 0 aliphatic carbocycles. The van der Waals surface area contributed by atoms with Gasteiger partial charge < -0.3 is 10.2 Å². The molecule has 124 valence electrons. The van der Waals surface area contributed by atoms with Gasteiger partial charge in [0.25, 0.3) is 5.91 Å². The lowest BCUT2D eigenvalue weighted by Crippen LogP contribution is -2.50. The average Bonchev–Trinajstić information content (AvgIpc) is 2.87. The molecule has 1 N–H and O–H groups in total. The van der Waals surface area contributed by atoms with Crippen molar-refractivity contribution in [3.05, 3.63) is 34.9 Å². The van der Waals surface area contributed by atoms with Crippen molar-refractivity contribution in [3.8, 4) is 0 Å². The number of carbonyl (C=O) groups excluding carboxylic acids is 1. The van der Waals surface area contributed by atoms with Gasteiger partial charge >= 0.3 is 0 Å². The summed E-state index contributed by atoms with van der Waals surface area (Å²) in [6, 6.07) is 6.68. The van der Waals surface area contributed by atoms with Crippen molar-refractivity contribution in [1.29, 1.82) is 0 Å². The van der Waals surface area contributed by atoms with Crippen LogP contribution in [0.5, 0.6) is 0 Å². The fourth-order valence-corrected chi connectivity index (χ4v) is 2.99. The van der Waals surface area contributed by atoms with E-state index < -0.39 is 0 Å². The SMILES string of the molecule is CCN1C(=S)N=NC1C(CC(C)C)NC(=O)c1ccc(Cl)cc1. The summed E-state index contributed by atoms with van der Waals surface area (Å²) >= 11 is 11.1. The second-order valence-electron chi connectivity index (χ2n) is 5.91. The van der Waals surface area contributed by atoms with E-state index >= 15 is 0 Å². The number of hydrogen-bond acceptors (Lipinski definition) is 3. The fourth-order valence-electron chi connectivity index (χ4n) is 2.58. The summed E-state index contributed by atoms with van der Waals surface area (Å²) in [7, 11) is 0. The molecule has 1 aliphatic heterocycles. The van der Waals surface area contributed by atoms with E-state index in [-0.39, 0.29) is 18.1 Å². The second kappa shape index (κ2) is 7.84. The molecule has 1 aromatic carbocycles. The van der Waals surface area contributed by atoms with Crippen molar-refractivity contribution in [2.24, 2.45) is 16.1 Å². The highest BCUT2D eigenvalue weighted by atomic mass is 35.5. The number of nitrogens with zero attached hydrogens (tertiary/aromatic N) is 3. The van der Waals surface area contributed by atoms with E-state index in [1.165, 1.54) is 0 Å². The molecule has 1 heterocycles. The van der Waals surface area contributed by atoms with Crippen LogP contribution in [0.15, 0.2) is 34.5 Å². The fraction of sp³-hybridized carbons (Fsp3) is 0.500. The Morgan fingerprint density at radius 1 is 1.39 bits per heavy atom. The van der Waals surface area contributed by atoms with Crippen LogP contribution in [0.4, 0.5) is 0 Å². The third-order valence-electron chi connectivity index (χ3n) is 3.68. The summed E-state index contributed by atoms with van der Waals surface area (Å²) in [4.78, 5) is 14.4. The molecule has 5 nitrogen and oxygen atoms in total. The van der Waals surface area contributed by atoms with Gasteiger partial charge in [0, 0.05) is 17.1 Å². The molecule has 7 heteroatoms. The third kappa shape index (κ3) is 4.48. The summed E-state index contributed by atoms with van der Waals surface area (Å²) in [6.07, 6.45) is 0.549. The summed E-state index contributed by atoms with van der Waals surface area (Å²) in [5.74, 6) is 0.269. The van der Waals surface area contributed by atoms with Gasteiger partial charge in [-0.15, -0.1) is 5.11 Å². The van der Waals surface area contributed by atoms with Gasteiger partial charge in [-0.3, -0.25) is 4.79 Å². The van der Waals surface area contributed by atoms with Crippen LogP contribution < -0.4 is 5.32 Å². The molecule has 0 aromatic heterocycles. The van der Waals surface area contributed by atoms with Crippen LogP contribution in [0, 0.1) is 5.92 Å². The maximum atomic E-state index is 12.5. The Labute approximate surface area is 147 Å². The molecule has 23 heavy (non-hydrogen) atoms. The van der Waals surface area contributed by atoms with Crippen molar-refractivity contribution >= 4 is 34.8 Å². The van der Waals surface area contributed by atoms with E-state index in [9.17, 15) is 4.79 Å². The van der Waals surface area contributed by atoms with Crippen LogP contribution >= 0.6 is 23.8 Å². The van der Waals surface area contributed by atoms with Crippen LogP contribution in [-0.2, 0) is 0 Å².